The Morgan fingerprint density at radius 2 is 1.88 bits per heavy atom. The van der Waals surface area contributed by atoms with Gasteiger partial charge in [0.15, 0.2) is 16.8 Å². The molecule has 0 unspecified atom stereocenters. The number of aromatic nitrogens is 5. The van der Waals surface area contributed by atoms with Crippen LogP contribution in [0, 0.1) is 0 Å². The highest BCUT2D eigenvalue weighted by Crippen LogP contribution is 2.49. The number of ether oxygens (including phenoxy) is 1. The van der Waals surface area contributed by atoms with Crippen LogP contribution in [0.5, 0.6) is 0 Å². The summed E-state index contributed by atoms with van der Waals surface area (Å²) in [5.41, 5.74) is 0.786. The van der Waals surface area contributed by atoms with Crippen molar-refractivity contribution in [2.45, 2.75) is 43.8 Å². The van der Waals surface area contributed by atoms with Gasteiger partial charge in [-0.15, -0.1) is 15.3 Å². The van der Waals surface area contributed by atoms with Gasteiger partial charge in [0.05, 0.1) is 6.61 Å². The first-order valence-corrected chi connectivity index (χ1v) is 9.26. The minimum atomic E-state index is -0.370. The van der Waals surface area contributed by atoms with E-state index < -0.39 is 0 Å². The average molecular weight is 368 g/mol. The van der Waals surface area contributed by atoms with Crippen molar-refractivity contribution in [1.29, 1.82) is 0 Å². The third-order valence-corrected chi connectivity index (χ3v) is 5.08. The third kappa shape index (κ3) is 2.99. The Kier molecular flexibility index (Phi) is 3.76. The van der Waals surface area contributed by atoms with Crippen LogP contribution in [0.15, 0.2) is 42.5 Å². The Labute approximate surface area is 156 Å². The Hall–Kier alpha value is -2.31. The molecule has 2 aliphatic carbocycles. The van der Waals surface area contributed by atoms with Gasteiger partial charge in [-0.05, 0) is 43.4 Å². The molecular formula is C19H18ClN5O. The van der Waals surface area contributed by atoms with E-state index in [1.54, 1.807) is 6.07 Å². The van der Waals surface area contributed by atoms with Crippen molar-refractivity contribution in [3.05, 3.63) is 64.8 Å². The van der Waals surface area contributed by atoms with Crippen molar-refractivity contribution in [3.63, 3.8) is 0 Å². The molecule has 7 heteroatoms. The molecule has 0 aliphatic heterocycles. The number of benzene rings is 1. The summed E-state index contributed by atoms with van der Waals surface area (Å²) in [6.45, 7) is 0.564. The lowest BCUT2D eigenvalue weighted by Crippen LogP contribution is -2.14. The second kappa shape index (κ2) is 6.14. The van der Waals surface area contributed by atoms with Crippen molar-refractivity contribution >= 4 is 11.6 Å². The van der Waals surface area contributed by atoms with Gasteiger partial charge in [-0.1, -0.05) is 41.9 Å². The van der Waals surface area contributed by atoms with Gasteiger partial charge in [0, 0.05) is 5.92 Å². The highest BCUT2D eigenvalue weighted by molar-refractivity contribution is 6.29. The van der Waals surface area contributed by atoms with Crippen molar-refractivity contribution in [3.8, 4) is 5.82 Å². The van der Waals surface area contributed by atoms with Gasteiger partial charge in [-0.25, -0.2) is 4.98 Å². The molecule has 0 spiro atoms. The maximum atomic E-state index is 6.24. The molecule has 1 aromatic carbocycles. The van der Waals surface area contributed by atoms with Crippen LogP contribution in [-0.2, 0) is 16.9 Å². The molecule has 0 amide bonds. The molecule has 0 N–H and O–H groups in total. The van der Waals surface area contributed by atoms with Gasteiger partial charge in [0.25, 0.3) is 0 Å². The lowest BCUT2D eigenvalue weighted by molar-refractivity contribution is 0.0110. The zero-order valence-corrected chi connectivity index (χ0v) is 14.9. The first-order valence-electron chi connectivity index (χ1n) is 8.88. The van der Waals surface area contributed by atoms with Gasteiger partial charge >= 0.3 is 0 Å². The van der Waals surface area contributed by atoms with Gasteiger partial charge < -0.3 is 4.74 Å². The highest BCUT2D eigenvalue weighted by atomic mass is 35.5. The Balaban J connectivity index is 1.44. The molecule has 3 aromatic rings. The van der Waals surface area contributed by atoms with Gasteiger partial charge in [-0.3, -0.25) is 0 Å². The number of nitrogens with zero attached hydrogens (tertiary/aromatic N) is 5. The fourth-order valence-electron chi connectivity index (χ4n) is 3.06. The Bertz CT molecular complexity index is 917. The molecule has 132 valence electrons. The molecular weight excluding hydrogens is 350 g/mol. The quantitative estimate of drug-likeness (QED) is 0.663. The highest BCUT2D eigenvalue weighted by Gasteiger charge is 2.50. The van der Waals surface area contributed by atoms with E-state index in [0.29, 0.717) is 23.5 Å². The van der Waals surface area contributed by atoms with Crippen LogP contribution in [0.1, 0.15) is 48.8 Å². The van der Waals surface area contributed by atoms with E-state index >= 15 is 0 Å². The SMILES string of the molecule is Clc1ccc(-n2nc(C3(OCc4ccccc4)CC3)nc2C2CC2)nn1. The molecule has 2 saturated carbocycles. The second-order valence-electron chi connectivity index (χ2n) is 6.96. The minimum absolute atomic E-state index is 0.368. The Morgan fingerprint density at radius 1 is 1.08 bits per heavy atom. The van der Waals surface area contributed by atoms with Crippen LogP contribution in [0.25, 0.3) is 5.82 Å². The lowest BCUT2D eigenvalue weighted by atomic mass is 10.2. The molecule has 2 aliphatic rings. The zero-order chi connectivity index (χ0) is 17.6. The zero-order valence-electron chi connectivity index (χ0n) is 14.2. The molecule has 0 saturated heterocycles. The van der Waals surface area contributed by atoms with Crippen molar-refractivity contribution in [2.75, 3.05) is 0 Å². The van der Waals surface area contributed by atoms with Crippen LogP contribution in [0.2, 0.25) is 5.15 Å². The molecule has 0 bridgehead atoms. The van der Waals surface area contributed by atoms with Crippen LogP contribution in [-0.4, -0.2) is 25.0 Å². The van der Waals surface area contributed by atoms with Crippen molar-refractivity contribution in [1.82, 2.24) is 25.0 Å². The Morgan fingerprint density at radius 3 is 2.54 bits per heavy atom. The molecule has 2 heterocycles. The molecule has 6 nitrogen and oxygen atoms in total. The van der Waals surface area contributed by atoms with E-state index in [1.165, 1.54) is 0 Å². The number of halogens is 1. The number of hydrogen-bond donors (Lipinski definition) is 0. The molecule has 2 aromatic heterocycles. The van der Waals surface area contributed by atoms with E-state index in [-0.39, 0.29) is 5.60 Å². The largest absolute Gasteiger partial charge is 0.362 e. The second-order valence-corrected chi connectivity index (χ2v) is 7.35. The molecule has 26 heavy (non-hydrogen) atoms. The van der Waals surface area contributed by atoms with Crippen LogP contribution in [0.4, 0.5) is 0 Å². The molecule has 5 rings (SSSR count). The summed E-state index contributed by atoms with van der Waals surface area (Å²) in [6, 6.07) is 13.7. The smallest absolute Gasteiger partial charge is 0.183 e. The van der Waals surface area contributed by atoms with Gasteiger partial charge in [0.1, 0.15) is 11.4 Å². The topological polar surface area (TPSA) is 65.7 Å². The lowest BCUT2D eigenvalue weighted by Gasteiger charge is -2.13. The predicted octanol–water partition coefficient (Wildman–Crippen LogP) is 3.79. The standard InChI is InChI=1S/C19H18ClN5O/c20-15-8-9-16(23-22-15)25-17(14-6-7-14)21-18(24-25)19(10-11-19)26-12-13-4-2-1-3-5-13/h1-5,8-9,14H,6-7,10-12H2. The van der Waals surface area contributed by atoms with Crippen LogP contribution < -0.4 is 0 Å². The monoisotopic (exact) mass is 367 g/mol. The fourth-order valence-corrected chi connectivity index (χ4v) is 3.16. The minimum Gasteiger partial charge on any atom is -0.362 e. The first-order chi connectivity index (χ1) is 12.7. The average Bonchev–Trinajstić information content (AvgIpc) is 3.61. The van der Waals surface area contributed by atoms with E-state index in [9.17, 15) is 0 Å². The van der Waals surface area contributed by atoms with E-state index in [2.05, 4.69) is 22.3 Å². The maximum absolute atomic E-state index is 6.24. The third-order valence-electron chi connectivity index (χ3n) is 4.88. The molecule has 2 fully saturated rings. The van der Waals surface area contributed by atoms with Crippen molar-refractivity contribution < 1.29 is 4.74 Å². The summed E-state index contributed by atoms with van der Waals surface area (Å²) in [5.74, 6) is 2.80. The van der Waals surface area contributed by atoms with Gasteiger partial charge in [0.2, 0.25) is 0 Å². The van der Waals surface area contributed by atoms with E-state index in [4.69, 9.17) is 26.4 Å². The normalized spacial score (nSPS) is 18.0. The predicted molar refractivity (Wildman–Crippen MR) is 96.1 cm³/mol. The van der Waals surface area contributed by atoms with Crippen molar-refractivity contribution in [2.24, 2.45) is 0 Å². The molecule has 0 atom stereocenters. The summed E-state index contributed by atoms with van der Waals surface area (Å²) in [7, 11) is 0. The fraction of sp³-hybridized carbons (Fsp3) is 0.368. The van der Waals surface area contributed by atoms with E-state index in [0.717, 1.165) is 42.9 Å². The van der Waals surface area contributed by atoms with Gasteiger partial charge in [-0.2, -0.15) is 4.68 Å². The number of rotatable bonds is 6. The maximum Gasteiger partial charge on any atom is 0.183 e. The first kappa shape index (κ1) is 15.9. The van der Waals surface area contributed by atoms with E-state index in [1.807, 2.05) is 28.9 Å². The summed E-state index contributed by atoms with van der Waals surface area (Å²) >= 11 is 5.86. The number of hydrogen-bond acceptors (Lipinski definition) is 5. The van der Waals surface area contributed by atoms with Crippen LogP contribution in [0.3, 0.4) is 0 Å². The summed E-state index contributed by atoms with van der Waals surface area (Å²) < 4.78 is 8.05. The molecule has 0 radical (unpaired) electrons. The summed E-state index contributed by atoms with van der Waals surface area (Å²) in [5, 5.41) is 13.2. The summed E-state index contributed by atoms with van der Waals surface area (Å²) in [4.78, 5) is 4.84. The summed E-state index contributed by atoms with van der Waals surface area (Å²) in [6.07, 6.45) is 4.16. The van der Waals surface area contributed by atoms with Crippen LogP contribution >= 0.6 is 11.6 Å².